The highest BCUT2D eigenvalue weighted by Gasteiger charge is 2.24. The van der Waals surface area contributed by atoms with E-state index in [0.717, 1.165) is 22.1 Å². The van der Waals surface area contributed by atoms with Gasteiger partial charge in [0.1, 0.15) is 0 Å². The molecule has 0 saturated carbocycles. The lowest BCUT2D eigenvalue weighted by Gasteiger charge is -2.13. The molecule has 0 radical (unpaired) electrons. The highest BCUT2D eigenvalue weighted by molar-refractivity contribution is 7.27. The maximum atomic E-state index is 5.08. The summed E-state index contributed by atoms with van der Waals surface area (Å²) in [5.74, 6) is 1.98. The van der Waals surface area contributed by atoms with E-state index in [0.29, 0.717) is 17.5 Å². The molecule has 0 unspecified atom stereocenters. The van der Waals surface area contributed by atoms with Crippen molar-refractivity contribution < 1.29 is 0 Å². The van der Waals surface area contributed by atoms with Crippen LogP contribution in [0.15, 0.2) is 164 Å². The third kappa shape index (κ3) is 4.27. The molecule has 8 aromatic carbocycles. The summed E-state index contributed by atoms with van der Waals surface area (Å²) in [6, 6.07) is 58.2. The quantitative estimate of drug-likeness (QED) is 0.188. The van der Waals surface area contributed by atoms with Crippen molar-refractivity contribution in [3.8, 4) is 67.5 Å². The number of nitrogens with zero attached hydrogens (tertiary/aromatic N) is 3. The Balaban J connectivity index is 1.13. The minimum absolute atomic E-state index is 0.660. The largest absolute Gasteiger partial charge is 0.208 e. The first kappa shape index (κ1) is 28.4. The molecule has 4 heteroatoms. The second-order valence-corrected chi connectivity index (χ2v) is 14.1. The average Bonchev–Trinajstić information content (AvgIpc) is 3.75. The van der Waals surface area contributed by atoms with E-state index in [9.17, 15) is 0 Å². The minimum Gasteiger partial charge on any atom is -0.208 e. The van der Waals surface area contributed by atoms with Crippen molar-refractivity contribution in [3.63, 3.8) is 0 Å². The van der Waals surface area contributed by atoms with Gasteiger partial charge in [0.2, 0.25) is 0 Å². The monoisotopic (exact) mass is 665 g/mol. The summed E-state index contributed by atoms with van der Waals surface area (Å²) in [5, 5.41) is 7.61. The number of benzene rings is 8. The molecule has 0 aliphatic heterocycles. The van der Waals surface area contributed by atoms with E-state index in [2.05, 4.69) is 127 Å². The van der Waals surface area contributed by atoms with Crippen LogP contribution in [0, 0.1) is 0 Å². The second kappa shape index (κ2) is 11.0. The van der Waals surface area contributed by atoms with Crippen LogP contribution in [-0.2, 0) is 0 Å². The summed E-state index contributed by atoms with van der Waals surface area (Å²) in [6.07, 6.45) is 0. The van der Waals surface area contributed by atoms with Crippen LogP contribution in [0.4, 0.5) is 0 Å². The third-order valence-corrected chi connectivity index (χ3v) is 11.6. The standard InChI is InChI=1S/C47H27N3S/c1-3-13-28(14-4-1)45-48-46(29-15-5-2-6-16-29)50-47(49-45)38-26-25-34(30-17-7-9-19-32(30)38)36-22-12-23-37-41-27-40-33-20-10-8-18-31(33)35-21-11-24-39(42(35)40)44(41)51-43(36)37/h1-27H. The van der Waals surface area contributed by atoms with Crippen molar-refractivity contribution in [1.82, 2.24) is 15.0 Å². The number of thiophene rings is 1. The molecule has 11 rings (SSSR count). The van der Waals surface area contributed by atoms with Gasteiger partial charge in [-0.05, 0) is 56.1 Å². The maximum absolute atomic E-state index is 5.08. The molecule has 0 atom stereocenters. The molecule has 0 amide bonds. The first-order valence-corrected chi connectivity index (χ1v) is 18.0. The molecular weight excluding hydrogens is 639 g/mol. The van der Waals surface area contributed by atoms with Crippen LogP contribution in [0.1, 0.15) is 0 Å². The van der Waals surface area contributed by atoms with Gasteiger partial charge in [-0.1, -0.05) is 152 Å². The molecular formula is C47H27N3S. The molecule has 2 heterocycles. The summed E-state index contributed by atoms with van der Waals surface area (Å²) in [7, 11) is 0. The number of fused-ring (bicyclic) bond motifs is 8. The van der Waals surface area contributed by atoms with Crippen molar-refractivity contribution in [3.05, 3.63) is 164 Å². The summed E-state index contributed by atoms with van der Waals surface area (Å²) >= 11 is 1.91. The number of hydrogen-bond acceptors (Lipinski definition) is 4. The summed E-state index contributed by atoms with van der Waals surface area (Å²) < 4.78 is 2.65. The minimum atomic E-state index is 0.660. The average molecular weight is 666 g/mol. The van der Waals surface area contributed by atoms with E-state index >= 15 is 0 Å². The molecule has 0 saturated heterocycles. The predicted molar refractivity (Wildman–Crippen MR) is 214 cm³/mol. The van der Waals surface area contributed by atoms with E-state index in [1.54, 1.807) is 0 Å². The Morgan fingerprint density at radius 2 is 0.804 bits per heavy atom. The fraction of sp³-hybridized carbons (Fsp3) is 0. The van der Waals surface area contributed by atoms with Crippen LogP contribution in [0.3, 0.4) is 0 Å². The van der Waals surface area contributed by atoms with Gasteiger partial charge < -0.3 is 0 Å². The summed E-state index contributed by atoms with van der Waals surface area (Å²) in [5.41, 5.74) is 10.7. The van der Waals surface area contributed by atoms with Crippen molar-refractivity contribution in [2.45, 2.75) is 0 Å². The van der Waals surface area contributed by atoms with E-state index in [4.69, 9.17) is 15.0 Å². The van der Waals surface area contributed by atoms with Crippen molar-refractivity contribution in [2.24, 2.45) is 0 Å². The lowest BCUT2D eigenvalue weighted by atomic mass is 9.93. The fourth-order valence-electron chi connectivity index (χ4n) is 7.99. The smallest absolute Gasteiger partial charge is 0.164 e. The van der Waals surface area contributed by atoms with Gasteiger partial charge in [-0.15, -0.1) is 11.3 Å². The number of hydrogen-bond donors (Lipinski definition) is 0. The van der Waals surface area contributed by atoms with E-state index in [-0.39, 0.29) is 0 Å². The molecule has 3 nitrogen and oxygen atoms in total. The van der Waals surface area contributed by atoms with Crippen LogP contribution >= 0.6 is 11.3 Å². The number of rotatable bonds is 4. The Hall–Kier alpha value is -6.49. The zero-order valence-corrected chi connectivity index (χ0v) is 28.2. The Bertz CT molecular complexity index is 2960. The van der Waals surface area contributed by atoms with Gasteiger partial charge in [0.05, 0.1) is 0 Å². The maximum Gasteiger partial charge on any atom is 0.164 e. The van der Waals surface area contributed by atoms with E-state index in [1.165, 1.54) is 69.7 Å². The van der Waals surface area contributed by atoms with E-state index in [1.807, 2.05) is 47.7 Å². The summed E-state index contributed by atoms with van der Waals surface area (Å²) in [4.78, 5) is 15.1. The normalized spacial score (nSPS) is 11.9. The second-order valence-electron chi connectivity index (χ2n) is 13.1. The molecule has 0 bridgehead atoms. The van der Waals surface area contributed by atoms with Gasteiger partial charge in [-0.25, -0.2) is 15.0 Å². The molecule has 0 spiro atoms. The van der Waals surface area contributed by atoms with Gasteiger partial charge in [-0.2, -0.15) is 0 Å². The Kier molecular flexibility index (Phi) is 6.12. The molecule has 0 fully saturated rings. The lowest BCUT2D eigenvalue weighted by molar-refractivity contribution is 1.08. The lowest BCUT2D eigenvalue weighted by Crippen LogP contribution is -2.00. The van der Waals surface area contributed by atoms with Gasteiger partial charge in [0.25, 0.3) is 0 Å². The SMILES string of the molecule is c1ccc(-c2nc(-c3ccccc3)nc(-c3ccc(-c4cccc5c4sc4c6cccc7c6c(cc54)-c4ccccc4-7)c4ccccc34)n2)cc1. The van der Waals surface area contributed by atoms with Crippen molar-refractivity contribution in [1.29, 1.82) is 0 Å². The van der Waals surface area contributed by atoms with Gasteiger partial charge >= 0.3 is 0 Å². The van der Waals surface area contributed by atoms with Crippen molar-refractivity contribution >= 4 is 53.1 Å². The highest BCUT2D eigenvalue weighted by atomic mass is 32.1. The molecule has 0 N–H and O–H groups in total. The third-order valence-electron chi connectivity index (χ3n) is 10.3. The van der Waals surface area contributed by atoms with Crippen LogP contribution in [0.2, 0.25) is 0 Å². The first-order valence-electron chi connectivity index (χ1n) is 17.2. The van der Waals surface area contributed by atoms with Crippen LogP contribution in [0.5, 0.6) is 0 Å². The Morgan fingerprint density at radius 3 is 1.51 bits per heavy atom. The van der Waals surface area contributed by atoms with Gasteiger partial charge in [0, 0.05) is 47.8 Å². The first-order chi connectivity index (χ1) is 25.3. The number of aromatic nitrogens is 3. The molecule has 1 aliphatic carbocycles. The Labute approximate surface area is 298 Å². The predicted octanol–water partition coefficient (Wildman–Crippen LogP) is 12.9. The van der Waals surface area contributed by atoms with Crippen LogP contribution in [-0.4, -0.2) is 15.0 Å². The van der Waals surface area contributed by atoms with Gasteiger partial charge in [0.15, 0.2) is 17.5 Å². The topological polar surface area (TPSA) is 38.7 Å². The highest BCUT2D eigenvalue weighted by Crippen LogP contribution is 2.53. The van der Waals surface area contributed by atoms with Crippen LogP contribution in [0.25, 0.3) is 109 Å². The zero-order valence-electron chi connectivity index (χ0n) is 27.3. The Morgan fingerprint density at radius 1 is 0.294 bits per heavy atom. The zero-order chi connectivity index (χ0) is 33.5. The molecule has 51 heavy (non-hydrogen) atoms. The van der Waals surface area contributed by atoms with E-state index < -0.39 is 0 Å². The fourth-order valence-corrected chi connectivity index (χ4v) is 9.33. The van der Waals surface area contributed by atoms with Gasteiger partial charge in [-0.3, -0.25) is 0 Å². The molecule has 1 aliphatic rings. The summed E-state index contributed by atoms with van der Waals surface area (Å²) in [6.45, 7) is 0. The van der Waals surface area contributed by atoms with Crippen molar-refractivity contribution in [2.75, 3.05) is 0 Å². The molecule has 236 valence electrons. The molecule has 2 aromatic heterocycles. The van der Waals surface area contributed by atoms with Crippen LogP contribution < -0.4 is 0 Å². The molecule has 10 aromatic rings.